The lowest BCUT2D eigenvalue weighted by atomic mass is 9.69. The summed E-state index contributed by atoms with van der Waals surface area (Å²) >= 11 is 12.1. The minimum absolute atomic E-state index is 0.0367. The maximum atomic E-state index is 13.4. The van der Waals surface area contributed by atoms with Crippen LogP contribution >= 0.6 is 23.2 Å². The summed E-state index contributed by atoms with van der Waals surface area (Å²) in [5.41, 5.74) is -0.471. The molecule has 4 rings (SSSR count). The number of carbonyl (C=O) groups is 3. The first-order chi connectivity index (χ1) is 17.4. The van der Waals surface area contributed by atoms with Crippen LogP contribution in [0.5, 0.6) is 0 Å². The van der Waals surface area contributed by atoms with Crippen molar-refractivity contribution in [2.45, 2.75) is 64.1 Å². The molecule has 0 aromatic heterocycles. The van der Waals surface area contributed by atoms with Crippen molar-refractivity contribution >= 4 is 40.9 Å². The van der Waals surface area contributed by atoms with Gasteiger partial charge in [0.2, 0.25) is 11.8 Å². The summed E-state index contributed by atoms with van der Waals surface area (Å²) < 4.78 is 0. The van der Waals surface area contributed by atoms with Crippen molar-refractivity contribution in [2.24, 2.45) is 17.8 Å². The Morgan fingerprint density at radius 1 is 1.11 bits per heavy atom. The highest BCUT2D eigenvalue weighted by Gasteiger charge is 2.43. The van der Waals surface area contributed by atoms with Gasteiger partial charge in [-0.25, -0.2) is 0 Å². The molecular weight excluding hydrogens is 515 g/mol. The fraction of sp³-hybridized carbons (Fsp3) is 0.667. The van der Waals surface area contributed by atoms with Crippen molar-refractivity contribution < 1.29 is 19.5 Å². The normalized spacial score (nSPS) is 25.1. The molecule has 10 heteroatoms. The van der Waals surface area contributed by atoms with Gasteiger partial charge in [-0.15, -0.1) is 0 Å². The third-order valence-electron chi connectivity index (χ3n) is 8.24. The summed E-state index contributed by atoms with van der Waals surface area (Å²) in [7, 11) is 1.72. The van der Waals surface area contributed by atoms with Crippen LogP contribution in [-0.2, 0) is 20.9 Å². The predicted octanol–water partition coefficient (Wildman–Crippen LogP) is 3.14. The Balaban J connectivity index is 1.30. The quantitative estimate of drug-likeness (QED) is 0.565. The SMILES string of the molecule is CN(Cc1ccc(Cl)c(Cl)c1)C(=O)CN1CNC2CCC(C3CCN(C(=O)C(C)(C)O)CC3)CC2C1=O. The maximum absolute atomic E-state index is 13.4. The Kier molecular flexibility index (Phi) is 8.73. The second kappa shape index (κ2) is 11.5. The van der Waals surface area contributed by atoms with Gasteiger partial charge in [0.05, 0.1) is 22.6 Å². The van der Waals surface area contributed by atoms with Gasteiger partial charge in [0, 0.05) is 32.7 Å². The molecule has 1 aromatic carbocycles. The standard InChI is InChI=1S/C27H38Cl2N4O4/c1-27(2,37)26(36)32-10-8-18(9-11-32)19-5-7-23-20(13-19)25(35)33(16-30-23)15-24(34)31(3)14-17-4-6-21(28)22(29)12-17/h4,6,12,18-20,23,30,37H,5,7-11,13-16H2,1-3H3. The molecule has 0 radical (unpaired) electrons. The summed E-state index contributed by atoms with van der Waals surface area (Å²) in [5.74, 6) is 0.478. The van der Waals surface area contributed by atoms with Gasteiger partial charge < -0.3 is 19.8 Å². The molecule has 1 aromatic rings. The van der Waals surface area contributed by atoms with Gasteiger partial charge in [-0.1, -0.05) is 29.3 Å². The molecule has 2 saturated heterocycles. The lowest BCUT2D eigenvalue weighted by Crippen LogP contribution is -2.60. The molecule has 0 spiro atoms. The van der Waals surface area contributed by atoms with E-state index in [1.807, 2.05) is 6.07 Å². The van der Waals surface area contributed by atoms with Crippen LogP contribution in [0.15, 0.2) is 18.2 Å². The zero-order valence-electron chi connectivity index (χ0n) is 21.9. The molecule has 8 nitrogen and oxygen atoms in total. The average Bonchev–Trinajstić information content (AvgIpc) is 2.87. The average molecular weight is 554 g/mol. The van der Waals surface area contributed by atoms with E-state index in [0.29, 0.717) is 48.2 Å². The highest BCUT2D eigenvalue weighted by molar-refractivity contribution is 6.42. The van der Waals surface area contributed by atoms with Crippen molar-refractivity contribution in [1.29, 1.82) is 0 Å². The minimum atomic E-state index is -1.35. The van der Waals surface area contributed by atoms with E-state index in [4.69, 9.17) is 23.2 Å². The number of nitrogens with one attached hydrogen (secondary N) is 1. The molecule has 0 bridgehead atoms. The Morgan fingerprint density at radius 3 is 2.46 bits per heavy atom. The third-order valence-corrected chi connectivity index (χ3v) is 8.98. The van der Waals surface area contributed by atoms with E-state index in [9.17, 15) is 19.5 Å². The second-order valence-corrected chi connectivity index (χ2v) is 12.2. The van der Waals surface area contributed by atoms with E-state index in [1.54, 1.807) is 33.9 Å². The Morgan fingerprint density at radius 2 is 1.81 bits per heavy atom. The highest BCUT2D eigenvalue weighted by atomic mass is 35.5. The predicted molar refractivity (Wildman–Crippen MR) is 143 cm³/mol. The second-order valence-electron chi connectivity index (χ2n) is 11.4. The van der Waals surface area contributed by atoms with E-state index >= 15 is 0 Å². The number of aliphatic hydroxyl groups is 1. The summed E-state index contributed by atoms with van der Waals surface area (Å²) in [6.45, 7) is 5.17. The first kappa shape index (κ1) is 28.1. The van der Waals surface area contributed by atoms with Crippen LogP contribution < -0.4 is 5.32 Å². The fourth-order valence-electron chi connectivity index (χ4n) is 6.07. The number of halogens is 2. The van der Waals surface area contributed by atoms with Gasteiger partial charge >= 0.3 is 0 Å². The molecule has 3 amide bonds. The number of hydrogen-bond donors (Lipinski definition) is 2. The number of likely N-dealkylation sites (tertiary alicyclic amines) is 1. The summed E-state index contributed by atoms with van der Waals surface area (Å²) in [5, 5.41) is 14.5. The number of nitrogens with zero attached hydrogens (tertiary/aromatic N) is 3. The smallest absolute Gasteiger partial charge is 0.253 e. The van der Waals surface area contributed by atoms with Crippen LogP contribution in [0, 0.1) is 17.8 Å². The van der Waals surface area contributed by atoms with Crippen molar-refractivity contribution in [2.75, 3.05) is 33.4 Å². The summed E-state index contributed by atoms with van der Waals surface area (Å²) in [6, 6.07) is 5.45. The van der Waals surface area contributed by atoms with E-state index < -0.39 is 5.60 Å². The van der Waals surface area contributed by atoms with Gasteiger partial charge in [-0.2, -0.15) is 0 Å². The number of rotatable bonds is 6. The summed E-state index contributed by atoms with van der Waals surface area (Å²) in [4.78, 5) is 43.8. The highest BCUT2D eigenvalue weighted by Crippen LogP contribution is 2.40. The summed E-state index contributed by atoms with van der Waals surface area (Å²) in [6.07, 6.45) is 4.62. The molecule has 1 saturated carbocycles. The largest absolute Gasteiger partial charge is 0.381 e. The molecule has 1 aliphatic carbocycles. The molecule has 3 unspecified atom stereocenters. The number of benzene rings is 1. The Bertz CT molecular complexity index is 1020. The number of amides is 3. The van der Waals surface area contributed by atoms with Crippen LogP contribution in [0.3, 0.4) is 0 Å². The van der Waals surface area contributed by atoms with Crippen LogP contribution in [0.2, 0.25) is 10.0 Å². The topological polar surface area (TPSA) is 93.2 Å². The van der Waals surface area contributed by atoms with Crippen molar-refractivity contribution in [1.82, 2.24) is 20.0 Å². The van der Waals surface area contributed by atoms with Crippen LogP contribution in [0.1, 0.15) is 51.5 Å². The van der Waals surface area contributed by atoms with E-state index in [2.05, 4.69) is 5.32 Å². The first-order valence-corrected chi connectivity index (χ1v) is 13.9. The van der Waals surface area contributed by atoms with Gasteiger partial charge in [0.25, 0.3) is 5.91 Å². The van der Waals surface area contributed by atoms with Gasteiger partial charge in [-0.05, 0) is 75.5 Å². The number of hydrogen-bond acceptors (Lipinski definition) is 5. The molecule has 204 valence electrons. The first-order valence-electron chi connectivity index (χ1n) is 13.2. The molecule has 2 heterocycles. The van der Waals surface area contributed by atoms with E-state index in [-0.39, 0.29) is 36.2 Å². The molecule has 37 heavy (non-hydrogen) atoms. The minimum Gasteiger partial charge on any atom is -0.381 e. The molecule has 2 aliphatic heterocycles. The van der Waals surface area contributed by atoms with Crippen molar-refractivity contribution in [3.8, 4) is 0 Å². The van der Waals surface area contributed by atoms with Gasteiger partial charge in [0.1, 0.15) is 12.1 Å². The third kappa shape index (κ3) is 6.59. The molecule has 3 atom stereocenters. The van der Waals surface area contributed by atoms with E-state index in [0.717, 1.165) is 37.7 Å². The van der Waals surface area contributed by atoms with Gasteiger partial charge in [-0.3, -0.25) is 19.7 Å². The molecular formula is C27H38Cl2N4O4. The maximum Gasteiger partial charge on any atom is 0.253 e. The number of likely N-dealkylation sites (N-methyl/N-ethyl adjacent to an activating group) is 1. The van der Waals surface area contributed by atoms with Crippen molar-refractivity contribution in [3.05, 3.63) is 33.8 Å². The van der Waals surface area contributed by atoms with Crippen LogP contribution in [-0.4, -0.2) is 82.5 Å². The molecule has 2 N–H and O–H groups in total. The molecule has 3 fully saturated rings. The van der Waals surface area contributed by atoms with E-state index in [1.165, 1.54) is 13.8 Å². The lowest BCUT2D eigenvalue weighted by Gasteiger charge is -2.46. The van der Waals surface area contributed by atoms with Crippen LogP contribution in [0.25, 0.3) is 0 Å². The Labute approximate surface area is 229 Å². The number of carbonyl (C=O) groups excluding carboxylic acids is 3. The lowest BCUT2D eigenvalue weighted by molar-refractivity contribution is -0.150. The van der Waals surface area contributed by atoms with Crippen LogP contribution in [0.4, 0.5) is 0 Å². The fourth-order valence-corrected chi connectivity index (χ4v) is 6.39. The number of fused-ring (bicyclic) bond motifs is 1. The zero-order chi connectivity index (χ0) is 26.9. The van der Waals surface area contributed by atoms with Gasteiger partial charge in [0.15, 0.2) is 0 Å². The van der Waals surface area contributed by atoms with Crippen molar-refractivity contribution in [3.63, 3.8) is 0 Å². The Hall–Kier alpha value is -1.87. The number of piperidine rings is 1. The monoisotopic (exact) mass is 552 g/mol. The zero-order valence-corrected chi connectivity index (χ0v) is 23.4. The molecule has 3 aliphatic rings.